The third-order valence-electron chi connectivity index (χ3n) is 8.27. The van der Waals surface area contributed by atoms with Gasteiger partial charge in [-0.15, -0.1) is 0 Å². The van der Waals surface area contributed by atoms with Crippen LogP contribution in [0.4, 0.5) is 17.1 Å². The van der Waals surface area contributed by atoms with Crippen LogP contribution in [0, 0.1) is 0 Å². The molecule has 0 fully saturated rings. The first-order chi connectivity index (χ1) is 22.3. The maximum atomic E-state index is 6.09. The van der Waals surface area contributed by atoms with E-state index >= 15 is 0 Å². The molecule has 0 spiro atoms. The first kappa shape index (κ1) is 28.5. The molecule has 0 saturated heterocycles. The second-order valence-corrected chi connectivity index (χ2v) is 19.0. The molecule has 0 aliphatic heterocycles. The fourth-order valence-corrected chi connectivity index (χ4v) is 16.2. The summed E-state index contributed by atoms with van der Waals surface area (Å²) >= 11 is -3.33. The van der Waals surface area contributed by atoms with Gasteiger partial charge >= 0.3 is 251 Å². The minimum absolute atomic E-state index is 0.805. The fraction of sp³-hybridized carbons (Fsp3) is 0. The minimum atomic E-state index is -3.33. The normalized spacial score (nSPS) is 11.1. The molecular formula is C42H33GeNO. The molecule has 45 heavy (non-hydrogen) atoms. The molecule has 7 aromatic rings. The SMILES string of the molecule is c1ccc(Oc2ccc(N(c3ccccc3)c3cc[c]([Ge]([c]4ccccc4)([c]4ccccc4)[c]4ccccc4)cc3)cc2)cc1. The maximum absolute atomic E-state index is 6.09. The van der Waals surface area contributed by atoms with Crippen LogP contribution in [-0.4, -0.2) is 13.3 Å². The summed E-state index contributed by atoms with van der Waals surface area (Å²) in [6, 6.07) is 71.4. The zero-order valence-electron chi connectivity index (χ0n) is 24.9. The van der Waals surface area contributed by atoms with E-state index in [9.17, 15) is 0 Å². The van der Waals surface area contributed by atoms with Crippen LogP contribution >= 0.6 is 0 Å². The molecule has 0 heterocycles. The summed E-state index contributed by atoms with van der Waals surface area (Å²) in [5.41, 5.74) is 3.27. The van der Waals surface area contributed by atoms with Gasteiger partial charge in [0.05, 0.1) is 0 Å². The minimum Gasteiger partial charge on any atom is -0.0586 e. The zero-order valence-corrected chi connectivity index (χ0v) is 27.0. The topological polar surface area (TPSA) is 12.5 Å². The number of nitrogens with zero attached hydrogens (tertiary/aromatic N) is 1. The molecule has 0 radical (unpaired) electrons. The third-order valence-corrected chi connectivity index (χ3v) is 18.3. The fourth-order valence-electron chi connectivity index (χ4n) is 6.24. The summed E-state index contributed by atoms with van der Waals surface area (Å²) in [6.45, 7) is 0. The molecule has 3 heteroatoms. The van der Waals surface area contributed by atoms with Crippen molar-refractivity contribution < 1.29 is 4.74 Å². The Kier molecular flexibility index (Phi) is 8.30. The van der Waals surface area contributed by atoms with Crippen LogP contribution in [0.3, 0.4) is 0 Å². The van der Waals surface area contributed by atoms with Crippen LogP contribution in [0.2, 0.25) is 0 Å². The monoisotopic (exact) mass is 641 g/mol. The number of anilines is 3. The Morgan fingerprint density at radius 1 is 0.289 bits per heavy atom. The number of para-hydroxylation sites is 2. The van der Waals surface area contributed by atoms with Crippen molar-refractivity contribution in [2.45, 2.75) is 0 Å². The molecule has 7 aromatic carbocycles. The zero-order chi connectivity index (χ0) is 30.3. The molecule has 2 nitrogen and oxygen atoms in total. The van der Waals surface area contributed by atoms with E-state index in [1.165, 1.54) is 17.6 Å². The van der Waals surface area contributed by atoms with E-state index in [1.54, 1.807) is 0 Å². The van der Waals surface area contributed by atoms with Gasteiger partial charge in [-0.1, -0.05) is 18.2 Å². The molecule has 0 unspecified atom stereocenters. The van der Waals surface area contributed by atoms with Crippen molar-refractivity contribution in [3.63, 3.8) is 0 Å². The van der Waals surface area contributed by atoms with Crippen LogP contribution < -0.4 is 27.2 Å². The van der Waals surface area contributed by atoms with Crippen molar-refractivity contribution in [3.8, 4) is 11.5 Å². The summed E-state index contributed by atoms with van der Waals surface area (Å²) < 4.78 is 11.7. The van der Waals surface area contributed by atoms with Crippen LogP contribution in [0.15, 0.2) is 200 Å². The summed E-state index contributed by atoms with van der Waals surface area (Å²) in [7, 11) is 0. The van der Waals surface area contributed by atoms with Gasteiger partial charge in [0, 0.05) is 0 Å². The quantitative estimate of drug-likeness (QED) is 0.147. The summed E-state index contributed by atoms with van der Waals surface area (Å²) in [5, 5.41) is 0. The van der Waals surface area contributed by atoms with Gasteiger partial charge in [0.15, 0.2) is 0 Å². The third kappa shape index (κ3) is 5.81. The van der Waals surface area contributed by atoms with Crippen molar-refractivity contribution >= 4 is 47.9 Å². The second-order valence-electron chi connectivity index (χ2n) is 11.0. The Bertz CT molecular complexity index is 1830. The molecular weight excluding hydrogens is 607 g/mol. The van der Waals surface area contributed by atoms with E-state index in [1.807, 2.05) is 42.5 Å². The molecule has 0 N–H and O–H groups in total. The Labute approximate surface area is 268 Å². The van der Waals surface area contributed by atoms with Gasteiger partial charge in [0.2, 0.25) is 0 Å². The van der Waals surface area contributed by atoms with E-state index in [-0.39, 0.29) is 0 Å². The van der Waals surface area contributed by atoms with Crippen molar-refractivity contribution in [1.29, 1.82) is 0 Å². The molecule has 0 aliphatic carbocycles. The number of ether oxygens (including phenoxy) is 1. The van der Waals surface area contributed by atoms with E-state index < -0.39 is 13.3 Å². The van der Waals surface area contributed by atoms with Gasteiger partial charge in [0.1, 0.15) is 0 Å². The van der Waals surface area contributed by atoms with Crippen LogP contribution in [0.5, 0.6) is 11.5 Å². The Hall–Kier alpha value is -5.32. The number of rotatable bonds is 9. The average molecular weight is 640 g/mol. The molecule has 0 amide bonds. The summed E-state index contributed by atoms with van der Waals surface area (Å²) in [4.78, 5) is 2.30. The number of benzene rings is 7. The van der Waals surface area contributed by atoms with Gasteiger partial charge in [-0.3, -0.25) is 0 Å². The summed E-state index contributed by atoms with van der Waals surface area (Å²) in [6.07, 6.45) is 0. The molecule has 216 valence electrons. The van der Waals surface area contributed by atoms with E-state index in [0.717, 1.165) is 28.6 Å². The van der Waals surface area contributed by atoms with E-state index in [0.29, 0.717) is 0 Å². The standard InChI is InChI=1S/C42H33GeNO/c1-6-16-34(17-7-1)43(35-18-8-2-9-19-35,36-20-10-3-11-21-36)37-26-28-39(29-27-37)44(38-22-12-4-13-23-38)40-30-32-42(33-31-40)45-41-24-14-5-15-25-41/h1-33H. The molecule has 0 aliphatic rings. The number of hydrogen-bond acceptors (Lipinski definition) is 2. The van der Waals surface area contributed by atoms with Gasteiger partial charge < -0.3 is 0 Å². The predicted molar refractivity (Wildman–Crippen MR) is 191 cm³/mol. The van der Waals surface area contributed by atoms with Crippen molar-refractivity contribution in [1.82, 2.24) is 0 Å². The van der Waals surface area contributed by atoms with Gasteiger partial charge in [-0.05, 0) is 0 Å². The van der Waals surface area contributed by atoms with Gasteiger partial charge in [0.25, 0.3) is 0 Å². The Morgan fingerprint density at radius 2 is 0.600 bits per heavy atom. The Balaban J connectivity index is 1.33. The molecule has 0 bridgehead atoms. The van der Waals surface area contributed by atoms with Gasteiger partial charge in [-0.25, -0.2) is 0 Å². The van der Waals surface area contributed by atoms with Crippen LogP contribution in [-0.2, 0) is 0 Å². The van der Waals surface area contributed by atoms with Crippen LogP contribution in [0.25, 0.3) is 0 Å². The predicted octanol–water partition coefficient (Wildman–Crippen LogP) is 8.33. The molecule has 7 rings (SSSR count). The first-order valence-corrected chi connectivity index (χ1v) is 19.5. The van der Waals surface area contributed by atoms with Crippen molar-refractivity contribution in [2.75, 3.05) is 4.90 Å². The molecule has 0 aromatic heterocycles. The van der Waals surface area contributed by atoms with Crippen LogP contribution in [0.1, 0.15) is 0 Å². The second kappa shape index (κ2) is 13.1. The smallest absolute Gasteiger partial charge is 0.0586 e. The Morgan fingerprint density at radius 3 is 1.04 bits per heavy atom. The van der Waals surface area contributed by atoms with Gasteiger partial charge in [-0.2, -0.15) is 0 Å². The molecule has 0 atom stereocenters. The van der Waals surface area contributed by atoms with E-state index in [2.05, 4.69) is 163 Å². The summed E-state index contributed by atoms with van der Waals surface area (Å²) in [5.74, 6) is 1.63. The molecule has 0 saturated carbocycles. The average Bonchev–Trinajstić information content (AvgIpc) is 3.12. The van der Waals surface area contributed by atoms with Crippen molar-refractivity contribution in [2.24, 2.45) is 0 Å². The van der Waals surface area contributed by atoms with Crippen molar-refractivity contribution in [3.05, 3.63) is 200 Å². The number of hydrogen-bond donors (Lipinski definition) is 0. The van der Waals surface area contributed by atoms with E-state index in [4.69, 9.17) is 4.74 Å². The first-order valence-electron chi connectivity index (χ1n) is 15.3.